The lowest BCUT2D eigenvalue weighted by Crippen LogP contribution is -2.37. The van der Waals surface area contributed by atoms with E-state index in [2.05, 4.69) is 10.4 Å². The molecule has 5 nitrogen and oxygen atoms in total. The SMILES string of the molecule is CC(C)N(Cc1ccc(Cl)c(Cl)c1)C(=O)c1ccn(C2CCCNC2)n1.Cl. The summed E-state index contributed by atoms with van der Waals surface area (Å²) >= 11 is 12.1. The van der Waals surface area contributed by atoms with Crippen molar-refractivity contribution < 1.29 is 4.79 Å². The number of hydrogen-bond acceptors (Lipinski definition) is 3. The van der Waals surface area contributed by atoms with E-state index >= 15 is 0 Å². The lowest BCUT2D eigenvalue weighted by atomic mass is 10.1. The molecule has 1 aromatic heterocycles. The van der Waals surface area contributed by atoms with Gasteiger partial charge in [0.05, 0.1) is 16.1 Å². The van der Waals surface area contributed by atoms with Crippen LogP contribution in [0.1, 0.15) is 48.8 Å². The number of amides is 1. The van der Waals surface area contributed by atoms with Crippen molar-refractivity contribution in [2.75, 3.05) is 13.1 Å². The number of benzene rings is 1. The van der Waals surface area contributed by atoms with Crippen LogP contribution in [0.5, 0.6) is 0 Å². The molecule has 1 aliphatic heterocycles. The van der Waals surface area contributed by atoms with Crippen LogP contribution in [0.2, 0.25) is 10.0 Å². The molecule has 1 aromatic carbocycles. The quantitative estimate of drug-likeness (QED) is 0.753. The van der Waals surface area contributed by atoms with Crippen molar-refractivity contribution in [3.8, 4) is 0 Å². The monoisotopic (exact) mass is 430 g/mol. The Morgan fingerprint density at radius 3 is 2.74 bits per heavy atom. The van der Waals surface area contributed by atoms with Gasteiger partial charge in [-0.1, -0.05) is 29.3 Å². The summed E-state index contributed by atoms with van der Waals surface area (Å²) in [4.78, 5) is 14.8. The fourth-order valence-corrected chi connectivity index (χ4v) is 3.51. The molecule has 3 rings (SSSR count). The van der Waals surface area contributed by atoms with Gasteiger partial charge in [-0.2, -0.15) is 5.10 Å². The van der Waals surface area contributed by atoms with Crippen LogP contribution in [0.4, 0.5) is 0 Å². The van der Waals surface area contributed by atoms with Crippen LogP contribution in [0.15, 0.2) is 30.5 Å². The molecule has 0 bridgehead atoms. The summed E-state index contributed by atoms with van der Waals surface area (Å²) in [5.41, 5.74) is 1.42. The lowest BCUT2D eigenvalue weighted by molar-refractivity contribution is 0.0682. The largest absolute Gasteiger partial charge is 0.330 e. The zero-order chi connectivity index (χ0) is 18.7. The van der Waals surface area contributed by atoms with Crippen LogP contribution in [-0.2, 0) is 6.54 Å². The molecule has 0 radical (unpaired) electrons. The van der Waals surface area contributed by atoms with Gasteiger partial charge >= 0.3 is 0 Å². The predicted octanol–water partition coefficient (Wildman–Crippen LogP) is 4.59. The van der Waals surface area contributed by atoms with Gasteiger partial charge in [0.2, 0.25) is 0 Å². The number of piperidine rings is 1. The summed E-state index contributed by atoms with van der Waals surface area (Å²) in [5.74, 6) is -0.0754. The molecule has 1 amide bonds. The minimum absolute atomic E-state index is 0. The average molecular weight is 432 g/mol. The van der Waals surface area contributed by atoms with Crippen LogP contribution in [0.3, 0.4) is 0 Å². The van der Waals surface area contributed by atoms with Gasteiger partial charge < -0.3 is 10.2 Å². The topological polar surface area (TPSA) is 50.2 Å². The summed E-state index contributed by atoms with van der Waals surface area (Å²) in [5, 5.41) is 8.93. The van der Waals surface area contributed by atoms with E-state index in [1.807, 2.05) is 30.8 Å². The molecular formula is C19H25Cl3N4O. The van der Waals surface area contributed by atoms with Gasteiger partial charge in [-0.05, 0) is 57.0 Å². The van der Waals surface area contributed by atoms with Crippen molar-refractivity contribution in [1.82, 2.24) is 20.0 Å². The van der Waals surface area contributed by atoms with E-state index in [1.165, 1.54) is 0 Å². The second-order valence-corrected chi connectivity index (χ2v) is 7.77. The number of halogens is 3. The Hall–Kier alpha value is -1.27. The molecule has 1 saturated heterocycles. The molecule has 0 spiro atoms. The van der Waals surface area contributed by atoms with E-state index in [1.54, 1.807) is 23.1 Å². The first-order valence-corrected chi connectivity index (χ1v) is 9.72. The third-order valence-electron chi connectivity index (χ3n) is 4.69. The van der Waals surface area contributed by atoms with E-state index in [-0.39, 0.29) is 24.4 Å². The van der Waals surface area contributed by atoms with Crippen LogP contribution < -0.4 is 5.32 Å². The van der Waals surface area contributed by atoms with Gasteiger partial charge in [0.15, 0.2) is 0 Å². The Morgan fingerprint density at radius 1 is 1.33 bits per heavy atom. The van der Waals surface area contributed by atoms with E-state index in [0.717, 1.165) is 31.5 Å². The van der Waals surface area contributed by atoms with Crippen LogP contribution in [0.25, 0.3) is 0 Å². The molecular weight excluding hydrogens is 407 g/mol. The summed E-state index contributed by atoms with van der Waals surface area (Å²) in [6, 6.07) is 7.61. The predicted molar refractivity (Wildman–Crippen MR) is 112 cm³/mol. The number of rotatable bonds is 5. The molecule has 0 aliphatic carbocycles. The van der Waals surface area contributed by atoms with E-state index < -0.39 is 0 Å². The first-order chi connectivity index (χ1) is 12.5. The Labute approximate surface area is 176 Å². The molecule has 1 aliphatic rings. The Morgan fingerprint density at radius 2 is 2.11 bits per heavy atom. The third kappa shape index (κ3) is 5.38. The van der Waals surface area contributed by atoms with Crippen molar-refractivity contribution in [2.24, 2.45) is 0 Å². The molecule has 1 fully saturated rings. The smallest absolute Gasteiger partial charge is 0.274 e. The number of nitrogens with zero attached hydrogens (tertiary/aromatic N) is 3. The first-order valence-electron chi connectivity index (χ1n) is 8.96. The second-order valence-electron chi connectivity index (χ2n) is 6.96. The molecule has 2 aromatic rings. The number of hydrogen-bond donors (Lipinski definition) is 1. The molecule has 0 saturated carbocycles. The molecule has 8 heteroatoms. The van der Waals surface area contributed by atoms with Crippen LogP contribution in [-0.4, -0.2) is 39.7 Å². The Bertz CT molecular complexity index is 772. The van der Waals surface area contributed by atoms with Crippen LogP contribution >= 0.6 is 35.6 Å². The highest BCUT2D eigenvalue weighted by molar-refractivity contribution is 6.42. The minimum Gasteiger partial charge on any atom is -0.330 e. The normalized spacial score (nSPS) is 16.9. The first kappa shape index (κ1) is 22.0. The number of nitrogens with one attached hydrogen (secondary N) is 1. The van der Waals surface area contributed by atoms with E-state index in [0.29, 0.717) is 28.3 Å². The van der Waals surface area contributed by atoms with Crippen molar-refractivity contribution in [3.63, 3.8) is 0 Å². The maximum Gasteiger partial charge on any atom is 0.274 e. The summed E-state index contributed by atoms with van der Waals surface area (Å²) in [6.07, 6.45) is 4.12. The van der Waals surface area contributed by atoms with Gasteiger partial charge in [-0.3, -0.25) is 9.48 Å². The van der Waals surface area contributed by atoms with Gasteiger partial charge in [0.1, 0.15) is 5.69 Å². The lowest BCUT2D eigenvalue weighted by Gasteiger charge is -2.26. The van der Waals surface area contributed by atoms with Gasteiger partial charge in [-0.25, -0.2) is 0 Å². The number of carbonyl (C=O) groups excluding carboxylic acids is 1. The van der Waals surface area contributed by atoms with Crippen molar-refractivity contribution in [2.45, 2.75) is 45.3 Å². The average Bonchev–Trinajstić information content (AvgIpc) is 3.13. The molecule has 148 valence electrons. The third-order valence-corrected chi connectivity index (χ3v) is 5.43. The Balaban J connectivity index is 0.00000261. The molecule has 27 heavy (non-hydrogen) atoms. The molecule has 1 unspecified atom stereocenters. The maximum absolute atomic E-state index is 13.0. The molecule has 1 atom stereocenters. The standard InChI is InChI=1S/C19H24Cl2N4O.ClH/c1-13(2)24(12-14-5-6-16(20)17(21)10-14)19(26)18-7-9-25(23-18)15-4-3-8-22-11-15;/h5-7,9-10,13,15,22H,3-4,8,11-12H2,1-2H3;1H. The number of carbonyl (C=O) groups is 1. The maximum atomic E-state index is 13.0. The van der Waals surface area contributed by atoms with Crippen molar-refractivity contribution in [3.05, 3.63) is 51.8 Å². The zero-order valence-electron chi connectivity index (χ0n) is 15.5. The fourth-order valence-electron chi connectivity index (χ4n) is 3.19. The van der Waals surface area contributed by atoms with E-state index in [4.69, 9.17) is 23.2 Å². The highest BCUT2D eigenvalue weighted by atomic mass is 35.5. The molecule has 1 N–H and O–H groups in total. The molecule has 2 heterocycles. The summed E-state index contributed by atoms with van der Waals surface area (Å²) in [6.45, 7) is 6.40. The van der Waals surface area contributed by atoms with Crippen LogP contribution in [0, 0.1) is 0 Å². The van der Waals surface area contributed by atoms with Crippen molar-refractivity contribution >= 4 is 41.5 Å². The van der Waals surface area contributed by atoms with Gasteiger partial charge in [0.25, 0.3) is 5.91 Å². The second kappa shape index (κ2) is 9.78. The van der Waals surface area contributed by atoms with E-state index in [9.17, 15) is 4.79 Å². The summed E-state index contributed by atoms with van der Waals surface area (Å²) < 4.78 is 1.91. The highest BCUT2D eigenvalue weighted by Crippen LogP contribution is 2.24. The van der Waals surface area contributed by atoms with Gasteiger partial charge in [0, 0.05) is 25.3 Å². The summed E-state index contributed by atoms with van der Waals surface area (Å²) in [7, 11) is 0. The zero-order valence-corrected chi connectivity index (χ0v) is 17.8. The Kier molecular flexibility index (Phi) is 7.98. The fraction of sp³-hybridized carbons (Fsp3) is 0.474. The highest BCUT2D eigenvalue weighted by Gasteiger charge is 2.23. The van der Waals surface area contributed by atoms with Gasteiger partial charge in [-0.15, -0.1) is 12.4 Å². The number of aromatic nitrogens is 2. The minimum atomic E-state index is -0.0754. The van der Waals surface area contributed by atoms with Crippen molar-refractivity contribution in [1.29, 1.82) is 0 Å².